The van der Waals surface area contributed by atoms with E-state index in [-0.39, 0.29) is 11.7 Å². The average molecular weight is 321 g/mol. The molecule has 0 fully saturated rings. The van der Waals surface area contributed by atoms with Gasteiger partial charge in [0.2, 0.25) is 0 Å². The van der Waals surface area contributed by atoms with Gasteiger partial charge < -0.3 is 4.90 Å². The quantitative estimate of drug-likeness (QED) is 0.618. The Morgan fingerprint density at radius 2 is 2.28 bits per heavy atom. The number of thiazole rings is 1. The molecule has 0 saturated carbocycles. The predicted molar refractivity (Wildman–Crippen MR) is 78.6 cm³/mol. The zero-order chi connectivity index (χ0) is 13.1. The zero-order valence-electron chi connectivity index (χ0n) is 9.52. The maximum Gasteiger partial charge on any atom is 0.196 e. The van der Waals surface area contributed by atoms with Crippen molar-refractivity contribution in [2.75, 3.05) is 17.8 Å². The number of thiophene rings is 1. The first-order valence-corrected chi connectivity index (χ1v) is 7.71. The van der Waals surface area contributed by atoms with Gasteiger partial charge in [0.1, 0.15) is 5.69 Å². The van der Waals surface area contributed by atoms with Gasteiger partial charge in [-0.15, -0.1) is 34.3 Å². The molecule has 0 unspecified atom stereocenters. The minimum atomic E-state index is -0.147. The summed E-state index contributed by atoms with van der Waals surface area (Å²) in [5, 5.41) is 2.53. The third-order valence-corrected chi connectivity index (χ3v) is 4.66. The van der Waals surface area contributed by atoms with Crippen LogP contribution in [0.15, 0.2) is 17.5 Å². The van der Waals surface area contributed by atoms with E-state index in [9.17, 15) is 4.79 Å². The summed E-state index contributed by atoms with van der Waals surface area (Å²) >= 11 is 14.4. The third kappa shape index (κ3) is 3.23. The number of anilines is 1. The van der Waals surface area contributed by atoms with Gasteiger partial charge in [0.25, 0.3) is 0 Å². The van der Waals surface area contributed by atoms with E-state index in [1.807, 2.05) is 24.1 Å². The molecular formula is C11H10Cl2N2OS2. The molecule has 7 heteroatoms. The Kier molecular flexibility index (Phi) is 4.61. The van der Waals surface area contributed by atoms with Gasteiger partial charge >= 0.3 is 0 Å². The molecular weight excluding hydrogens is 311 g/mol. The Bertz CT molecular complexity index is 553. The first kappa shape index (κ1) is 13.8. The van der Waals surface area contributed by atoms with E-state index in [1.165, 1.54) is 11.3 Å². The van der Waals surface area contributed by atoms with Gasteiger partial charge in [0.05, 0.1) is 16.8 Å². The van der Waals surface area contributed by atoms with Crippen LogP contribution in [0.3, 0.4) is 0 Å². The third-order valence-electron chi connectivity index (χ3n) is 2.25. The van der Waals surface area contributed by atoms with Gasteiger partial charge in [-0.05, 0) is 12.1 Å². The van der Waals surface area contributed by atoms with Gasteiger partial charge in [-0.25, -0.2) is 4.98 Å². The summed E-state index contributed by atoms with van der Waals surface area (Å²) in [7, 11) is 1.93. The van der Waals surface area contributed by atoms with E-state index in [0.29, 0.717) is 5.69 Å². The standard InChI is InChI=1S/C11H10Cl2N2OS2/c1-15(5-7-2-3-10(13)18-7)11-14-8(6-17-11)9(16)4-12/h2-3,6H,4-5H2,1H3. The second kappa shape index (κ2) is 6.02. The Labute approximate surface area is 123 Å². The van der Waals surface area contributed by atoms with Crippen LogP contribution >= 0.6 is 45.9 Å². The van der Waals surface area contributed by atoms with Crippen molar-refractivity contribution in [1.82, 2.24) is 4.98 Å². The highest BCUT2D eigenvalue weighted by Gasteiger charge is 2.12. The highest BCUT2D eigenvalue weighted by Crippen LogP contribution is 2.26. The molecule has 3 nitrogen and oxygen atoms in total. The van der Waals surface area contributed by atoms with Crippen LogP contribution in [-0.2, 0) is 6.54 Å². The van der Waals surface area contributed by atoms with Gasteiger partial charge in [0, 0.05) is 17.3 Å². The van der Waals surface area contributed by atoms with Crippen LogP contribution in [0.5, 0.6) is 0 Å². The molecule has 0 aliphatic carbocycles. The molecule has 0 atom stereocenters. The lowest BCUT2D eigenvalue weighted by atomic mass is 10.3. The number of Topliss-reactive ketones (excluding diaryl/α,β-unsaturated/α-hetero) is 1. The van der Waals surface area contributed by atoms with Crippen LogP contribution in [-0.4, -0.2) is 23.7 Å². The number of aromatic nitrogens is 1. The maximum absolute atomic E-state index is 11.4. The summed E-state index contributed by atoms with van der Waals surface area (Å²) in [5.41, 5.74) is 0.432. The van der Waals surface area contributed by atoms with Gasteiger partial charge in [-0.1, -0.05) is 11.6 Å². The molecule has 0 amide bonds. The SMILES string of the molecule is CN(Cc1ccc(Cl)s1)c1nc(C(=O)CCl)cs1. The van der Waals surface area contributed by atoms with E-state index in [2.05, 4.69) is 4.98 Å². The van der Waals surface area contributed by atoms with Crippen molar-refractivity contribution in [3.8, 4) is 0 Å². The highest BCUT2D eigenvalue weighted by atomic mass is 35.5. The van der Waals surface area contributed by atoms with Gasteiger partial charge in [-0.3, -0.25) is 4.79 Å². The van der Waals surface area contributed by atoms with Crippen molar-refractivity contribution in [3.05, 3.63) is 32.4 Å². The van der Waals surface area contributed by atoms with E-state index < -0.39 is 0 Å². The summed E-state index contributed by atoms with van der Waals surface area (Å²) in [6, 6.07) is 3.86. The summed E-state index contributed by atoms with van der Waals surface area (Å²) in [6.07, 6.45) is 0. The van der Waals surface area contributed by atoms with Crippen LogP contribution < -0.4 is 4.90 Å². The van der Waals surface area contributed by atoms with Crippen molar-refractivity contribution in [2.45, 2.75) is 6.54 Å². The molecule has 0 aliphatic rings. The van der Waals surface area contributed by atoms with Crippen molar-refractivity contribution in [1.29, 1.82) is 0 Å². The maximum atomic E-state index is 11.4. The minimum Gasteiger partial charge on any atom is -0.346 e. The lowest BCUT2D eigenvalue weighted by Gasteiger charge is -2.13. The molecule has 0 aliphatic heterocycles. The van der Waals surface area contributed by atoms with Crippen LogP contribution in [0, 0.1) is 0 Å². The fourth-order valence-electron chi connectivity index (χ4n) is 1.37. The largest absolute Gasteiger partial charge is 0.346 e. The lowest BCUT2D eigenvalue weighted by molar-refractivity contribution is 0.101. The highest BCUT2D eigenvalue weighted by molar-refractivity contribution is 7.16. The number of alkyl halides is 1. The first-order chi connectivity index (χ1) is 8.60. The second-order valence-electron chi connectivity index (χ2n) is 3.63. The monoisotopic (exact) mass is 320 g/mol. The van der Waals surface area contributed by atoms with Crippen LogP contribution in [0.25, 0.3) is 0 Å². The Balaban J connectivity index is 2.07. The molecule has 2 aromatic rings. The average Bonchev–Trinajstić information content (AvgIpc) is 2.97. The number of halogens is 2. The van der Waals surface area contributed by atoms with E-state index in [0.717, 1.165) is 20.9 Å². The lowest BCUT2D eigenvalue weighted by Crippen LogP contribution is -2.15. The van der Waals surface area contributed by atoms with Gasteiger partial charge in [-0.2, -0.15) is 0 Å². The Morgan fingerprint density at radius 3 is 2.89 bits per heavy atom. The molecule has 2 heterocycles. The fourth-order valence-corrected chi connectivity index (χ4v) is 3.45. The summed E-state index contributed by atoms with van der Waals surface area (Å²) < 4.78 is 0.774. The first-order valence-electron chi connectivity index (χ1n) is 5.10. The van der Waals surface area contributed by atoms with Crippen molar-refractivity contribution >= 4 is 56.8 Å². The number of rotatable bonds is 5. The molecule has 0 saturated heterocycles. The molecule has 2 aromatic heterocycles. The minimum absolute atomic E-state index is 0.0343. The summed E-state index contributed by atoms with van der Waals surface area (Å²) in [5.74, 6) is -0.181. The molecule has 0 N–H and O–H groups in total. The molecule has 0 aromatic carbocycles. The van der Waals surface area contributed by atoms with E-state index in [4.69, 9.17) is 23.2 Å². The van der Waals surface area contributed by atoms with Crippen LogP contribution in [0.1, 0.15) is 15.4 Å². The van der Waals surface area contributed by atoms with E-state index in [1.54, 1.807) is 16.7 Å². The summed E-state index contributed by atoms with van der Waals surface area (Å²) in [6.45, 7) is 0.722. The zero-order valence-corrected chi connectivity index (χ0v) is 12.7. The van der Waals surface area contributed by atoms with E-state index >= 15 is 0 Å². The normalized spacial score (nSPS) is 10.6. The molecule has 0 radical (unpaired) electrons. The van der Waals surface area contributed by atoms with Crippen molar-refractivity contribution < 1.29 is 4.79 Å². The van der Waals surface area contributed by atoms with Crippen molar-refractivity contribution in [2.24, 2.45) is 0 Å². The topological polar surface area (TPSA) is 33.2 Å². The van der Waals surface area contributed by atoms with Crippen LogP contribution in [0.2, 0.25) is 4.34 Å². The number of hydrogen-bond donors (Lipinski definition) is 0. The van der Waals surface area contributed by atoms with Crippen LogP contribution in [0.4, 0.5) is 5.13 Å². The Morgan fingerprint density at radius 1 is 1.50 bits per heavy atom. The van der Waals surface area contributed by atoms with Gasteiger partial charge in [0.15, 0.2) is 10.9 Å². The van der Waals surface area contributed by atoms with Crippen molar-refractivity contribution in [3.63, 3.8) is 0 Å². The smallest absolute Gasteiger partial charge is 0.196 e. The molecule has 0 bridgehead atoms. The molecule has 2 rings (SSSR count). The molecule has 96 valence electrons. The second-order valence-corrected chi connectivity index (χ2v) is 6.54. The summed E-state index contributed by atoms with van der Waals surface area (Å²) in [4.78, 5) is 18.8. The number of carbonyl (C=O) groups is 1. The Hall–Kier alpha value is -0.620. The number of nitrogens with zero attached hydrogens (tertiary/aromatic N) is 2. The number of hydrogen-bond acceptors (Lipinski definition) is 5. The molecule has 18 heavy (non-hydrogen) atoms. The number of ketones is 1. The predicted octanol–water partition coefficient (Wildman–Crippen LogP) is 3.92. The fraction of sp³-hybridized carbons (Fsp3) is 0.273. The molecule has 0 spiro atoms. The number of carbonyl (C=O) groups excluding carboxylic acids is 1.